The molecule has 6 heteroatoms. The average Bonchev–Trinajstić information content (AvgIpc) is 2.43. The molecule has 19 heavy (non-hydrogen) atoms. The zero-order chi connectivity index (χ0) is 13.8. The van der Waals surface area contributed by atoms with E-state index in [1.54, 1.807) is 18.2 Å². The highest BCUT2D eigenvalue weighted by Crippen LogP contribution is 2.30. The Bertz CT molecular complexity index is 505. The van der Waals surface area contributed by atoms with Crippen molar-refractivity contribution < 1.29 is 14.3 Å². The zero-order valence-corrected chi connectivity index (χ0v) is 11.5. The molecule has 0 radical (unpaired) electrons. The second-order valence-electron chi connectivity index (χ2n) is 4.20. The monoisotopic (exact) mass is 280 g/mol. The van der Waals surface area contributed by atoms with E-state index in [1.165, 1.54) is 0 Å². The van der Waals surface area contributed by atoms with Gasteiger partial charge in [-0.1, -0.05) is 19.1 Å². The molecule has 0 saturated heterocycles. The lowest BCUT2D eigenvalue weighted by Gasteiger charge is -2.19. The number of hydrogen-bond acceptors (Lipinski definition) is 4. The summed E-state index contributed by atoms with van der Waals surface area (Å²) >= 11 is 4.90. The van der Waals surface area contributed by atoms with Crippen molar-refractivity contribution in [3.8, 4) is 11.5 Å². The Balaban J connectivity index is 2.13. The van der Waals surface area contributed by atoms with Crippen molar-refractivity contribution in [1.82, 2.24) is 5.32 Å². The predicted octanol–water partition coefficient (Wildman–Crippen LogP) is 1.25. The van der Waals surface area contributed by atoms with Crippen LogP contribution in [0.5, 0.6) is 11.5 Å². The maximum Gasteiger partial charge on any atom is 0.251 e. The molecule has 1 unspecified atom stereocenters. The molecule has 1 atom stereocenters. The minimum atomic E-state index is -0.296. The van der Waals surface area contributed by atoms with Gasteiger partial charge >= 0.3 is 0 Å². The van der Waals surface area contributed by atoms with Crippen molar-refractivity contribution in [1.29, 1.82) is 0 Å². The van der Waals surface area contributed by atoms with E-state index < -0.39 is 0 Å². The van der Waals surface area contributed by atoms with Crippen molar-refractivity contribution in [2.45, 2.75) is 19.4 Å². The molecule has 1 amide bonds. The molecular formula is C13H16N2O3S. The fraction of sp³-hybridized carbons (Fsp3) is 0.385. The third-order valence-corrected chi connectivity index (χ3v) is 3.15. The quantitative estimate of drug-likeness (QED) is 0.812. The molecule has 0 saturated carbocycles. The van der Waals surface area contributed by atoms with Crippen molar-refractivity contribution in [2.24, 2.45) is 5.73 Å². The normalized spacial score (nSPS) is 14.6. The number of benzene rings is 1. The summed E-state index contributed by atoms with van der Waals surface area (Å²) in [7, 11) is 0. The summed E-state index contributed by atoms with van der Waals surface area (Å²) < 4.78 is 10.8. The van der Waals surface area contributed by atoms with Crippen molar-refractivity contribution in [3.63, 3.8) is 0 Å². The Labute approximate surface area is 117 Å². The van der Waals surface area contributed by atoms with Gasteiger partial charge < -0.3 is 20.5 Å². The van der Waals surface area contributed by atoms with Gasteiger partial charge in [-0.25, -0.2) is 0 Å². The number of fused-ring (bicyclic) bond motifs is 1. The Hall–Kier alpha value is -1.82. The van der Waals surface area contributed by atoms with Crippen LogP contribution in [0.15, 0.2) is 18.2 Å². The molecule has 1 aliphatic heterocycles. The number of hydrogen-bond donors (Lipinski definition) is 2. The molecule has 1 aromatic carbocycles. The van der Waals surface area contributed by atoms with Crippen LogP contribution < -0.4 is 20.5 Å². The lowest BCUT2D eigenvalue weighted by atomic mass is 10.1. The summed E-state index contributed by atoms with van der Waals surface area (Å²) in [6.07, 6.45) is 0.658. The highest BCUT2D eigenvalue weighted by molar-refractivity contribution is 7.80. The van der Waals surface area contributed by atoms with E-state index in [1.807, 2.05) is 6.92 Å². The highest BCUT2D eigenvalue weighted by Gasteiger charge is 2.17. The summed E-state index contributed by atoms with van der Waals surface area (Å²) in [5.41, 5.74) is 6.06. The smallest absolute Gasteiger partial charge is 0.251 e. The third-order valence-electron chi connectivity index (χ3n) is 2.86. The van der Waals surface area contributed by atoms with Crippen molar-refractivity contribution in [2.75, 3.05) is 13.2 Å². The minimum absolute atomic E-state index is 0.225. The van der Waals surface area contributed by atoms with Gasteiger partial charge in [0, 0.05) is 5.56 Å². The maximum absolute atomic E-state index is 12.1. The molecule has 1 heterocycles. The highest BCUT2D eigenvalue weighted by atomic mass is 32.1. The lowest BCUT2D eigenvalue weighted by Crippen LogP contribution is -2.43. The van der Waals surface area contributed by atoms with Crippen LogP contribution >= 0.6 is 12.2 Å². The molecule has 1 aliphatic rings. The van der Waals surface area contributed by atoms with E-state index in [4.69, 9.17) is 27.4 Å². The van der Waals surface area contributed by atoms with Gasteiger partial charge in [-0.3, -0.25) is 4.79 Å². The summed E-state index contributed by atoms with van der Waals surface area (Å²) in [6.45, 7) is 2.92. The average molecular weight is 280 g/mol. The molecule has 3 N–H and O–H groups in total. The van der Waals surface area contributed by atoms with Gasteiger partial charge in [-0.15, -0.1) is 0 Å². The fourth-order valence-corrected chi connectivity index (χ4v) is 2.03. The first-order valence-electron chi connectivity index (χ1n) is 6.11. The topological polar surface area (TPSA) is 73.6 Å². The van der Waals surface area contributed by atoms with Crippen LogP contribution in [-0.2, 0) is 0 Å². The van der Waals surface area contributed by atoms with E-state index in [2.05, 4.69) is 5.32 Å². The number of thiocarbonyl (C=S) groups is 1. The summed E-state index contributed by atoms with van der Waals surface area (Å²) in [5.74, 6) is 1.02. The predicted molar refractivity (Wildman–Crippen MR) is 75.8 cm³/mol. The molecule has 1 aromatic rings. The second-order valence-corrected chi connectivity index (χ2v) is 4.67. The Morgan fingerprint density at radius 3 is 2.74 bits per heavy atom. The van der Waals surface area contributed by atoms with E-state index in [-0.39, 0.29) is 16.9 Å². The Morgan fingerprint density at radius 2 is 2.11 bits per heavy atom. The van der Waals surface area contributed by atoms with Gasteiger partial charge in [0.05, 0.1) is 11.0 Å². The van der Waals surface area contributed by atoms with Crippen LogP contribution in [0, 0.1) is 0 Å². The van der Waals surface area contributed by atoms with E-state index in [0.717, 1.165) is 0 Å². The summed E-state index contributed by atoms with van der Waals surface area (Å²) in [6, 6.07) is 4.78. The van der Waals surface area contributed by atoms with Crippen LogP contribution in [0.2, 0.25) is 0 Å². The fourth-order valence-electron chi connectivity index (χ4n) is 1.80. The zero-order valence-electron chi connectivity index (χ0n) is 10.6. The van der Waals surface area contributed by atoms with Crippen molar-refractivity contribution >= 4 is 23.1 Å². The van der Waals surface area contributed by atoms with E-state index in [9.17, 15) is 4.79 Å². The first-order valence-corrected chi connectivity index (χ1v) is 6.52. The number of carbonyl (C=O) groups is 1. The van der Waals surface area contributed by atoms with E-state index in [0.29, 0.717) is 36.7 Å². The lowest BCUT2D eigenvalue weighted by molar-refractivity contribution is 0.0945. The van der Waals surface area contributed by atoms with Crippen molar-refractivity contribution in [3.05, 3.63) is 23.8 Å². The van der Waals surface area contributed by atoms with Gasteiger partial charge in [-0.2, -0.15) is 0 Å². The number of ether oxygens (including phenoxy) is 2. The first-order chi connectivity index (χ1) is 9.11. The van der Waals surface area contributed by atoms with Gasteiger partial charge in [0.15, 0.2) is 11.5 Å². The van der Waals surface area contributed by atoms with Gasteiger partial charge in [-0.05, 0) is 24.6 Å². The number of rotatable bonds is 4. The molecule has 0 spiro atoms. The molecule has 2 rings (SSSR count). The maximum atomic E-state index is 12.1. The number of carbonyl (C=O) groups excluding carboxylic acids is 1. The number of amides is 1. The van der Waals surface area contributed by atoms with Crippen LogP contribution in [0.4, 0.5) is 0 Å². The number of nitrogens with one attached hydrogen (secondary N) is 1. The molecule has 0 aromatic heterocycles. The van der Waals surface area contributed by atoms with Crippen LogP contribution in [-0.4, -0.2) is 30.2 Å². The Morgan fingerprint density at radius 1 is 1.42 bits per heavy atom. The molecule has 0 bridgehead atoms. The first kappa shape index (κ1) is 13.6. The van der Waals surface area contributed by atoms with Gasteiger partial charge in [0.25, 0.3) is 5.91 Å². The largest absolute Gasteiger partial charge is 0.486 e. The number of nitrogens with two attached hydrogens (primary N) is 1. The molecule has 102 valence electrons. The molecule has 0 aliphatic carbocycles. The van der Waals surface area contributed by atoms with Crippen LogP contribution in [0.25, 0.3) is 0 Å². The summed E-state index contributed by atoms with van der Waals surface area (Å²) in [4.78, 5) is 12.4. The second kappa shape index (κ2) is 5.88. The third kappa shape index (κ3) is 3.14. The van der Waals surface area contributed by atoms with Crippen LogP contribution in [0.3, 0.4) is 0 Å². The van der Waals surface area contributed by atoms with Crippen LogP contribution in [0.1, 0.15) is 23.7 Å². The molecule has 0 fully saturated rings. The SMILES string of the molecule is CCC(NC(=O)c1ccc2c(c1)OCCO2)C(N)=S. The molecular weight excluding hydrogens is 264 g/mol. The van der Waals surface area contributed by atoms with Gasteiger partial charge in [0.1, 0.15) is 13.2 Å². The minimum Gasteiger partial charge on any atom is -0.486 e. The standard InChI is InChI=1S/C13H16N2O3S/c1-2-9(12(14)19)15-13(16)8-3-4-10-11(7-8)18-6-5-17-10/h3-4,7,9H,2,5-6H2,1H3,(H2,14,19)(H,15,16). The Kier molecular flexibility index (Phi) is 4.21. The molecule has 5 nitrogen and oxygen atoms in total. The van der Waals surface area contributed by atoms with Gasteiger partial charge in [0.2, 0.25) is 0 Å². The van der Waals surface area contributed by atoms with E-state index >= 15 is 0 Å². The summed E-state index contributed by atoms with van der Waals surface area (Å²) in [5, 5.41) is 2.79.